The van der Waals surface area contributed by atoms with Gasteiger partial charge < -0.3 is 9.64 Å². The molecule has 0 unspecified atom stereocenters. The molecule has 1 aromatic rings. The first kappa shape index (κ1) is 15.2. The van der Waals surface area contributed by atoms with Gasteiger partial charge in [0.2, 0.25) is 0 Å². The number of benzene rings is 1. The summed E-state index contributed by atoms with van der Waals surface area (Å²) in [6.45, 7) is 10.00. The van der Waals surface area contributed by atoms with Crippen molar-refractivity contribution in [3.05, 3.63) is 23.8 Å². The van der Waals surface area contributed by atoms with Crippen LogP contribution in [0.1, 0.15) is 33.3 Å². The van der Waals surface area contributed by atoms with Crippen molar-refractivity contribution in [2.75, 3.05) is 24.2 Å². The number of hydrogen-bond acceptors (Lipinski definition) is 4. The number of rotatable bonds is 2. The summed E-state index contributed by atoms with van der Waals surface area (Å²) in [6, 6.07) is 8.43. The van der Waals surface area contributed by atoms with Crippen molar-refractivity contribution in [3.8, 4) is 6.07 Å². The molecule has 1 aliphatic heterocycles. The van der Waals surface area contributed by atoms with E-state index in [0.717, 1.165) is 29.2 Å². The molecule has 0 aromatic heterocycles. The Hall–Kier alpha value is -1.18. The van der Waals surface area contributed by atoms with E-state index in [4.69, 9.17) is 4.74 Å². The van der Waals surface area contributed by atoms with Crippen molar-refractivity contribution in [2.24, 2.45) is 0 Å². The number of thioether (sulfide) groups is 1. The summed E-state index contributed by atoms with van der Waals surface area (Å²) in [7, 11) is 0. The second kappa shape index (κ2) is 5.31. The zero-order valence-corrected chi connectivity index (χ0v) is 13.7. The summed E-state index contributed by atoms with van der Waals surface area (Å²) < 4.78 is 6.11. The van der Waals surface area contributed by atoms with E-state index < -0.39 is 0 Å². The zero-order chi connectivity index (χ0) is 15.0. The molecule has 1 aliphatic rings. The normalized spacial score (nSPS) is 20.5. The molecule has 0 atom stereocenters. The van der Waals surface area contributed by atoms with Gasteiger partial charge in [-0.15, -0.1) is 11.8 Å². The lowest BCUT2D eigenvalue weighted by Crippen LogP contribution is -2.57. The van der Waals surface area contributed by atoms with E-state index in [2.05, 4.69) is 38.7 Å². The third-order valence-corrected chi connectivity index (χ3v) is 4.15. The summed E-state index contributed by atoms with van der Waals surface area (Å²) in [5.74, 6) is 0. The largest absolute Gasteiger partial charge is 0.366 e. The molecule has 0 saturated carbocycles. The second-order valence-electron chi connectivity index (χ2n) is 6.44. The summed E-state index contributed by atoms with van der Waals surface area (Å²) >= 11 is 1.62. The quantitative estimate of drug-likeness (QED) is 0.779. The number of hydrogen-bond donors (Lipinski definition) is 0. The van der Waals surface area contributed by atoms with Gasteiger partial charge in [0.1, 0.15) is 6.07 Å². The van der Waals surface area contributed by atoms with Crippen LogP contribution in [0.15, 0.2) is 23.1 Å². The number of nitriles is 1. The van der Waals surface area contributed by atoms with E-state index in [0.29, 0.717) is 0 Å². The number of morpholine rings is 1. The van der Waals surface area contributed by atoms with E-state index >= 15 is 0 Å². The minimum atomic E-state index is -0.218. The van der Waals surface area contributed by atoms with Crippen LogP contribution in [0.4, 0.5) is 5.69 Å². The van der Waals surface area contributed by atoms with Gasteiger partial charge in [-0.05, 0) is 46.1 Å². The molecule has 20 heavy (non-hydrogen) atoms. The molecule has 0 spiro atoms. The molecule has 108 valence electrons. The Kier molecular flexibility index (Phi) is 4.04. The lowest BCUT2D eigenvalue weighted by Gasteiger charge is -2.48. The Morgan fingerprint density at radius 3 is 2.30 bits per heavy atom. The predicted molar refractivity (Wildman–Crippen MR) is 84.4 cm³/mol. The molecular formula is C16H22N2OS. The smallest absolute Gasteiger partial charge is 0.103 e. The monoisotopic (exact) mass is 290 g/mol. The second-order valence-corrected chi connectivity index (χ2v) is 7.29. The Morgan fingerprint density at radius 1 is 1.20 bits per heavy atom. The fourth-order valence-corrected chi connectivity index (χ4v) is 3.59. The van der Waals surface area contributed by atoms with E-state index in [1.807, 2.05) is 24.5 Å². The van der Waals surface area contributed by atoms with Gasteiger partial charge in [0.25, 0.3) is 0 Å². The molecule has 1 aromatic carbocycles. The fourth-order valence-electron chi connectivity index (χ4n) is 3.02. The Labute approximate surface area is 125 Å². The van der Waals surface area contributed by atoms with Crippen molar-refractivity contribution in [2.45, 2.75) is 43.8 Å². The van der Waals surface area contributed by atoms with E-state index in [1.54, 1.807) is 11.8 Å². The first-order valence-electron chi connectivity index (χ1n) is 6.80. The highest BCUT2D eigenvalue weighted by Gasteiger charge is 2.38. The molecule has 3 nitrogen and oxygen atoms in total. The fraction of sp³-hybridized carbons (Fsp3) is 0.562. The van der Waals surface area contributed by atoms with Crippen molar-refractivity contribution >= 4 is 17.4 Å². The van der Waals surface area contributed by atoms with E-state index in [1.165, 1.54) is 0 Å². The molecule has 1 fully saturated rings. The molecule has 0 amide bonds. The van der Waals surface area contributed by atoms with Crippen LogP contribution in [0.25, 0.3) is 0 Å². The lowest BCUT2D eigenvalue weighted by molar-refractivity contribution is -0.133. The maximum Gasteiger partial charge on any atom is 0.103 e. The highest BCUT2D eigenvalue weighted by Crippen LogP contribution is 2.35. The summed E-state index contributed by atoms with van der Waals surface area (Å²) in [4.78, 5) is 3.31. The van der Waals surface area contributed by atoms with Crippen molar-refractivity contribution in [1.82, 2.24) is 0 Å². The first-order valence-corrected chi connectivity index (χ1v) is 8.03. The maximum absolute atomic E-state index is 9.50. The molecule has 2 rings (SSSR count). The average molecular weight is 290 g/mol. The number of anilines is 1. The van der Waals surface area contributed by atoms with E-state index in [9.17, 15) is 5.26 Å². The molecule has 1 heterocycles. The van der Waals surface area contributed by atoms with Crippen LogP contribution in [0.3, 0.4) is 0 Å². The predicted octanol–water partition coefficient (Wildman–Crippen LogP) is 3.67. The van der Waals surface area contributed by atoms with Gasteiger partial charge in [-0.3, -0.25) is 0 Å². The minimum Gasteiger partial charge on any atom is -0.366 e. The molecule has 0 radical (unpaired) electrons. The van der Waals surface area contributed by atoms with Crippen molar-refractivity contribution < 1.29 is 4.74 Å². The van der Waals surface area contributed by atoms with Crippen LogP contribution >= 0.6 is 11.8 Å². The summed E-state index contributed by atoms with van der Waals surface area (Å²) in [6.07, 6.45) is 2.01. The topological polar surface area (TPSA) is 36.3 Å². The third-order valence-electron chi connectivity index (χ3n) is 3.37. The summed E-state index contributed by atoms with van der Waals surface area (Å²) in [5, 5.41) is 9.50. The van der Waals surface area contributed by atoms with Crippen LogP contribution in [0, 0.1) is 11.3 Å². The Bertz CT molecular complexity index is 530. The van der Waals surface area contributed by atoms with Gasteiger partial charge in [0.15, 0.2) is 0 Å². The zero-order valence-electron chi connectivity index (χ0n) is 12.9. The van der Waals surface area contributed by atoms with Crippen LogP contribution in [-0.2, 0) is 4.74 Å². The molecular weight excluding hydrogens is 268 g/mol. The van der Waals surface area contributed by atoms with Gasteiger partial charge >= 0.3 is 0 Å². The van der Waals surface area contributed by atoms with Crippen molar-refractivity contribution in [1.29, 1.82) is 5.26 Å². The standard InChI is InChI=1S/C16H22N2OS/c1-15(2)10-18(11-16(3,4)19-15)13-7-6-8-14(20-5)12(13)9-17/h6-8H,10-11H2,1-5H3. The van der Waals surface area contributed by atoms with Gasteiger partial charge in [0.05, 0.1) is 22.5 Å². The summed E-state index contributed by atoms with van der Waals surface area (Å²) in [5.41, 5.74) is 1.35. The maximum atomic E-state index is 9.50. The molecule has 0 aliphatic carbocycles. The highest BCUT2D eigenvalue weighted by atomic mass is 32.2. The highest BCUT2D eigenvalue weighted by molar-refractivity contribution is 7.98. The van der Waals surface area contributed by atoms with Gasteiger partial charge in [-0.25, -0.2) is 0 Å². The molecule has 1 saturated heterocycles. The number of nitrogens with zero attached hydrogens (tertiary/aromatic N) is 2. The molecule has 4 heteroatoms. The third kappa shape index (κ3) is 3.11. The lowest BCUT2D eigenvalue weighted by atomic mass is 9.97. The minimum absolute atomic E-state index is 0.218. The first-order chi connectivity index (χ1) is 9.28. The number of ether oxygens (including phenoxy) is 1. The van der Waals surface area contributed by atoms with Gasteiger partial charge in [-0.1, -0.05) is 6.07 Å². The van der Waals surface area contributed by atoms with Crippen molar-refractivity contribution in [3.63, 3.8) is 0 Å². The SMILES string of the molecule is CSc1cccc(N2CC(C)(C)OC(C)(C)C2)c1C#N. The van der Waals surface area contributed by atoms with Crippen LogP contribution in [-0.4, -0.2) is 30.5 Å². The molecule has 0 bridgehead atoms. The van der Waals surface area contributed by atoms with Crippen LogP contribution in [0.5, 0.6) is 0 Å². The van der Waals surface area contributed by atoms with E-state index in [-0.39, 0.29) is 11.2 Å². The van der Waals surface area contributed by atoms with Crippen LogP contribution < -0.4 is 4.90 Å². The van der Waals surface area contributed by atoms with Gasteiger partial charge in [0, 0.05) is 18.0 Å². The Balaban J connectivity index is 2.44. The Morgan fingerprint density at radius 2 is 1.80 bits per heavy atom. The van der Waals surface area contributed by atoms with Crippen LogP contribution in [0.2, 0.25) is 0 Å². The average Bonchev–Trinajstić information content (AvgIpc) is 2.33. The van der Waals surface area contributed by atoms with Gasteiger partial charge in [-0.2, -0.15) is 5.26 Å². The molecule has 0 N–H and O–H groups in total.